The second kappa shape index (κ2) is 3.95. The van der Waals surface area contributed by atoms with Crippen molar-refractivity contribution in [3.63, 3.8) is 0 Å². The maximum atomic E-state index is 12.0. The van der Waals surface area contributed by atoms with Crippen LogP contribution >= 0.6 is 0 Å². The number of Topliss-reactive ketones (excluding diaryl/α,β-unsaturated/α-hetero) is 1. The molecule has 18 heavy (non-hydrogen) atoms. The molecule has 4 atom stereocenters. The Hall–Kier alpha value is -0.590. The quantitative estimate of drug-likeness (QED) is 0.565. The first kappa shape index (κ1) is 12.4. The Morgan fingerprint density at radius 2 is 2.06 bits per heavy atom. The van der Waals surface area contributed by atoms with Gasteiger partial charge >= 0.3 is 0 Å². The van der Waals surface area contributed by atoms with E-state index in [2.05, 4.69) is 26.8 Å². The van der Waals surface area contributed by atoms with Crippen LogP contribution < -0.4 is 0 Å². The zero-order valence-corrected chi connectivity index (χ0v) is 12.1. The molecule has 3 aliphatic carbocycles. The van der Waals surface area contributed by atoms with Crippen LogP contribution in [-0.2, 0) is 4.79 Å². The van der Waals surface area contributed by atoms with Crippen molar-refractivity contribution in [2.75, 3.05) is 0 Å². The third kappa shape index (κ3) is 1.55. The van der Waals surface area contributed by atoms with Crippen molar-refractivity contribution in [1.29, 1.82) is 0 Å². The van der Waals surface area contributed by atoms with Gasteiger partial charge in [0.1, 0.15) is 5.78 Å². The third-order valence-corrected chi connectivity index (χ3v) is 6.37. The molecule has 0 N–H and O–H groups in total. The lowest BCUT2D eigenvalue weighted by atomic mass is 9.47. The minimum atomic E-state index is 0. The lowest BCUT2D eigenvalue weighted by molar-refractivity contribution is -0.131. The van der Waals surface area contributed by atoms with Gasteiger partial charge in [0.2, 0.25) is 0 Å². The second-order valence-electron chi connectivity index (χ2n) is 7.39. The molecule has 1 nitrogen and oxygen atoms in total. The second-order valence-corrected chi connectivity index (χ2v) is 7.39. The topological polar surface area (TPSA) is 17.1 Å². The summed E-state index contributed by atoms with van der Waals surface area (Å²) in [5, 5.41) is 0. The van der Waals surface area contributed by atoms with E-state index in [9.17, 15) is 4.79 Å². The summed E-state index contributed by atoms with van der Waals surface area (Å²) in [5.41, 5.74) is 2.49. The molecule has 0 aliphatic heterocycles. The molecular weight excluding hydrogens is 220 g/mol. The molecular formula is C17H28O. The number of fused-ring (bicyclic) bond motifs is 3. The number of rotatable bonds is 0. The predicted octanol–water partition coefficient (Wildman–Crippen LogP) is 4.76. The van der Waals surface area contributed by atoms with Crippen LogP contribution in [0.1, 0.15) is 67.1 Å². The van der Waals surface area contributed by atoms with Crippen LogP contribution in [0.15, 0.2) is 11.6 Å². The summed E-state index contributed by atoms with van der Waals surface area (Å²) in [6, 6.07) is 0. The van der Waals surface area contributed by atoms with Gasteiger partial charge in [-0.1, -0.05) is 32.4 Å². The molecule has 2 unspecified atom stereocenters. The smallest absolute Gasteiger partial charge is 0.136 e. The van der Waals surface area contributed by atoms with Crippen molar-refractivity contribution >= 4 is 5.78 Å². The standard InChI is InChI=1S/C17H26O.H2/c1-12-13-7-10-16(2)9-5-4-6-15(16)17(13,3)11-8-14(12)18;/h6,12-13H,4-5,7-11H2,1-3H3;1H/t12-,13?,16?,17-;/m1./s1. The third-order valence-electron chi connectivity index (χ3n) is 6.37. The van der Waals surface area contributed by atoms with E-state index in [1.165, 1.54) is 32.1 Å². The molecule has 0 aromatic carbocycles. The Morgan fingerprint density at radius 3 is 2.83 bits per heavy atom. The van der Waals surface area contributed by atoms with Crippen molar-refractivity contribution in [1.82, 2.24) is 0 Å². The number of hydrogen-bond donors (Lipinski definition) is 0. The Kier molecular flexibility index (Phi) is 2.73. The monoisotopic (exact) mass is 248 g/mol. The van der Waals surface area contributed by atoms with Crippen molar-refractivity contribution in [3.05, 3.63) is 11.6 Å². The number of ketones is 1. The normalized spacial score (nSPS) is 48.2. The minimum absolute atomic E-state index is 0. The van der Waals surface area contributed by atoms with Crippen LogP contribution in [0.5, 0.6) is 0 Å². The largest absolute Gasteiger partial charge is 0.299 e. The van der Waals surface area contributed by atoms with Crippen molar-refractivity contribution < 1.29 is 6.22 Å². The van der Waals surface area contributed by atoms with E-state index in [4.69, 9.17) is 0 Å². The maximum absolute atomic E-state index is 12.0. The SMILES string of the molecule is C[C@H]1C(=O)CC[C@@]2(C)C3=CCCCC3(C)CCC12.[HH]. The van der Waals surface area contributed by atoms with Gasteiger partial charge < -0.3 is 0 Å². The van der Waals surface area contributed by atoms with Gasteiger partial charge in [-0.05, 0) is 55.3 Å². The predicted molar refractivity (Wildman–Crippen MR) is 76.4 cm³/mol. The Balaban J connectivity index is 0.00000133. The van der Waals surface area contributed by atoms with Gasteiger partial charge in [-0.2, -0.15) is 0 Å². The van der Waals surface area contributed by atoms with E-state index in [0.29, 0.717) is 22.5 Å². The Bertz CT molecular complexity index is 413. The van der Waals surface area contributed by atoms with E-state index >= 15 is 0 Å². The summed E-state index contributed by atoms with van der Waals surface area (Å²) in [6.45, 7) is 7.10. The molecule has 0 saturated heterocycles. The maximum Gasteiger partial charge on any atom is 0.136 e. The first-order valence-electron chi connectivity index (χ1n) is 7.71. The molecule has 3 aliphatic rings. The lowest BCUT2D eigenvalue weighted by Gasteiger charge is -2.57. The van der Waals surface area contributed by atoms with Gasteiger partial charge in [0.25, 0.3) is 0 Å². The van der Waals surface area contributed by atoms with Crippen LogP contribution in [0.4, 0.5) is 0 Å². The van der Waals surface area contributed by atoms with Crippen LogP contribution in [0.3, 0.4) is 0 Å². The van der Waals surface area contributed by atoms with Gasteiger partial charge in [-0.15, -0.1) is 0 Å². The van der Waals surface area contributed by atoms with E-state index in [1.807, 2.05) is 0 Å². The van der Waals surface area contributed by atoms with Crippen LogP contribution in [-0.4, -0.2) is 5.78 Å². The Labute approximate surface area is 113 Å². The number of allylic oxidation sites excluding steroid dienone is 2. The molecule has 0 heterocycles. The van der Waals surface area contributed by atoms with E-state index in [1.54, 1.807) is 5.57 Å². The molecule has 0 radical (unpaired) electrons. The number of carbonyl (C=O) groups is 1. The molecule has 0 spiro atoms. The highest BCUT2D eigenvalue weighted by Crippen LogP contribution is 2.62. The fourth-order valence-corrected chi connectivity index (χ4v) is 5.25. The number of carbonyl (C=O) groups excluding carboxylic acids is 1. The summed E-state index contributed by atoms with van der Waals surface area (Å²) in [4.78, 5) is 12.0. The molecule has 3 rings (SSSR count). The first-order valence-corrected chi connectivity index (χ1v) is 7.71. The highest BCUT2D eigenvalue weighted by Gasteiger charge is 2.54. The van der Waals surface area contributed by atoms with E-state index in [-0.39, 0.29) is 7.34 Å². The number of hydrogen-bond acceptors (Lipinski definition) is 1. The van der Waals surface area contributed by atoms with Crippen molar-refractivity contribution in [2.45, 2.75) is 65.7 Å². The van der Waals surface area contributed by atoms with Crippen LogP contribution in [0.2, 0.25) is 0 Å². The van der Waals surface area contributed by atoms with Crippen molar-refractivity contribution in [3.8, 4) is 0 Å². The minimum Gasteiger partial charge on any atom is -0.299 e. The first-order chi connectivity index (χ1) is 8.47. The van der Waals surface area contributed by atoms with Gasteiger partial charge in [0.05, 0.1) is 0 Å². The molecule has 2 fully saturated rings. The van der Waals surface area contributed by atoms with E-state index in [0.717, 1.165) is 12.8 Å². The summed E-state index contributed by atoms with van der Waals surface area (Å²) >= 11 is 0. The molecule has 102 valence electrons. The van der Waals surface area contributed by atoms with Gasteiger partial charge in [-0.25, -0.2) is 0 Å². The van der Waals surface area contributed by atoms with Gasteiger partial charge in [0, 0.05) is 13.8 Å². The van der Waals surface area contributed by atoms with Gasteiger partial charge in [-0.3, -0.25) is 4.79 Å². The lowest BCUT2D eigenvalue weighted by Crippen LogP contribution is -2.49. The highest BCUT2D eigenvalue weighted by atomic mass is 16.1. The zero-order valence-electron chi connectivity index (χ0n) is 12.1. The van der Waals surface area contributed by atoms with Crippen LogP contribution in [0, 0.1) is 22.7 Å². The van der Waals surface area contributed by atoms with E-state index < -0.39 is 0 Å². The van der Waals surface area contributed by atoms with Gasteiger partial charge in [0.15, 0.2) is 0 Å². The average molecular weight is 248 g/mol. The average Bonchev–Trinajstić information content (AvgIpc) is 2.34. The zero-order chi connectivity index (χ0) is 13.0. The summed E-state index contributed by atoms with van der Waals surface area (Å²) in [6.07, 6.45) is 11.0. The molecule has 0 aromatic rings. The molecule has 0 bridgehead atoms. The Morgan fingerprint density at radius 1 is 1.28 bits per heavy atom. The summed E-state index contributed by atoms with van der Waals surface area (Å²) in [7, 11) is 0. The highest BCUT2D eigenvalue weighted by molar-refractivity contribution is 5.82. The fraction of sp³-hybridized carbons (Fsp3) is 0.824. The van der Waals surface area contributed by atoms with Crippen molar-refractivity contribution in [2.24, 2.45) is 22.7 Å². The summed E-state index contributed by atoms with van der Waals surface area (Å²) < 4.78 is 0. The molecule has 2 saturated carbocycles. The fourth-order valence-electron chi connectivity index (χ4n) is 5.25. The molecule has 0 aromatic heterocycles. The molecule has 0 amide bonds. The molecule has 1 heteroatoms. The summed E-state index contributed by atoms with van der Waals surface area (Å²) in [5.74, 6) is 1.41. The van der Waals surface area contributed by atoms with Crippen LogP contribution in [0.25, 0.3) is 0 Å².